The Morgan fingerprint density at radius 3 is 2.67 bits per heavy atom. The highest BCUT2D eigenvalue weighted by molar-refractivity contribution is 5.33. The molecule has 1 aliphatic carbocycles. The fraction of sp³-hybridized carbons (Fsp3) is 0.455. The summed E-state index contributed by atoms with van der Waals surface area (Å²) in [4.78, 5) is 2.57. The zero-order chi connectivity index (χ0) is 16.4. The van der Waals surface area contributed by atoms with E-state index in [9.17, 15) is 0 Å². The van der Waals surface area contributed by atoms with Crippen molar-refractivity contribution >= 4 is 0 Å². The van der Waals surface area contributed by atoms with Crippen LogP contribution < -0.4 is 0 Å². The van der Waals surface area contributed by atoms with E-state index in [-0.39, 0.29) is 6.23 Å². The number of ether oxygens (including phenoxy) is 1. The zero-order valence-corrected chi connectivity index (χ0v) is 14.5. The van der Waals surface area contributed by atoms with Crippen LogP contribution in [0.5, 0.6) is 0 Å². The minimum absolute atomic E-state index is 0.254. The summed E-state index contributed by atoms with van der Waals surface area (Å²) in [6.45, 7) is 2.24. The first-order chi connectivity index (χ1) is 11.8. The van der Waals surface area contributed by atoms with E-state index in [1.165, 1.54) is 24.8 Å². The van der Waals surface area contributed by atoms with Gasteiger partial charge < -0.3 is 4.74 Å². The molecule has 1 aliphatic heterocycles. The van der Waals surface area contributed by atoms with Crippen molar-refractivity contribution in [2.45, 2.75) is 43.7 Å². The van der Waals surface area contributed by atoms with Gasteiger partial charge in [0, 0.05) is 26.1 Å². The van der Waals surface area contributed by atoms with Gasteiger partial charge in [-0.3, -0.25) is 4.90 Å². The fourth-order valence-electron chi connectivity index (χ4n) is 4.60. The lowest BCUT2D eigenvalue weighted by atomic mass is 9.82. The first kappa shape index (κ1) is 15.9. The molecule has 0 N–H and O–H groups in total. The van der Waals surface area contributed by atoms with Crippen LogP contribution in [-0.4, -0.2) is 31.3 Å². The molecule has 0 saturated carbocycles. The Bertz CT molecular complexity index is 669. The molecule has 1 heterocycles. The summed E-state index contributed by atoms with van der Waals surface area (Å²) < 4.78 is 5.83. The molecule has 24 heavy (non-hydrogen) atoms. The second kappa shape index (κ2) is 7.08. The summed E-state index contributed by atoms with van der Waals surface area (Å²) in [5.41, 5.74) is 4.58. The highest BCUT2D eigenvalue weighted by Gasteiger charge is 2.35. The van der Waals surface area contributed by atoms with Gasteiger partial charge in [-0.05, 0) is 48.3 Å². The molecule has 126 valence electrons. The van der Waals surface area contributed by atoms with Gasteiger partial charge in [0.2, 0.25) is 0 Å². The molecule has 1 fully saturated rings. The maximum Gasteiger partial charge on any atom is 0.110 e. The minimum Gasteiger partial charge on any atom is -0.366 e. The van der Waals surface area contributed by atoms with Crippen molar-refractivity contribution in [1.82, 2.24) is 4.90 Å². The van der Waals surface area contributed by atoms with Gasteiger partial charge in [0.25, 0.3) is 0 Å². The number of rotatable bonds is 4. The van der Waals surface area contributed by atoms with Crippen molar-refractivity contribution in [1.29, 1.82) is 0 Å². The molecule has 2 heteroatoms. The van der Waals surface area contributed by atoms with Crippen LogP contribution in [0.2, 0.25) is 0 Å². The third kappa shape index (κ3) is 3.13. The van der Waals surface area contributed by atoms with Gasteiger partial charge in [0.1, 0.15) is 6.23 Å². The minimum atomic E-state index is 0.254. The number of hydrogen-bond donors (Lipinski definition) is 0. The van der Waals surface area contributed by atoms with E-state index in [0.29, 0.717) is 11.8 Å². The van der Waals surface area contributed by atoms with Crippen LogP contribution in [0.3, 0.4) is 0 Å². The molecule has 0 amide bonds. The largest absolute Gasteiger partial charge is 0.366 e. The van der Waals surface area contributed by atoms with Gasteiger partial charge in [-0.1, -0.05) is 54.6 Å². The second-order valence-corrected chi connectivity index (χ2v) is 7.28. The number of aryl methyl sites for hydroxylation is 1. The Hall–Kier alpha value is -1.64. The van der Waals surface area contributed by atoms with E-state index in [0.717, 1.165) is 19.5 Å². The van der Waals surface area contributed by atoms with Crippen molar-refractivity contribution in [2.75, 3.05) is 20.2 Å². The van der Waals surface area contributed by atoms with Crippen LogP contribution in [-0.2, 0) is 11.2 Å². The summed E-state index contributed by atoms with van der Waals surface area (Å²) >= 11 is 0. The molecule has 0 radical (unpaired) electrons. The molecule has 2 aliphatic rings. The highest BCUT2D eigenvalue weighted by atomic mass is 16.5. The van der Waals surface area contributed by atoms with Crippen molar-refractivity contribution in [3.63, 3.8) is 0 Å². The van der Waals surface area contributed by atoms with Crippen molar-refractivity contribution in [2.24, 2.45) is 0 Å². The van der Waals surface area contributed by atoms with Crippen LogP contribution in [0, 0.1) is 0 Å². The summed E-state index contributed by atoms with van der Waals surface area (Å²) in [6, 6.07) is 19.9. The van der Waals surface area contributed by atoms with Gasteiger partial charge >= 0.3 is 0 Å². The van der Waals surface area contributed by atoms with Gasteiger partial charge in [-0.2, -0.15) is 0 Å². The number of hydrogen-bond acceptors (Lipinski definition) is 2. The Kier molecular flexibility index (Phi) is 4.68. The first-order valence-electron chi connectivity index (χ1n) is 9.24. The summed E-state index contributed by atoms with van der Waals surface area (Å²) in [7, 11) is 1.86. The van der Waals surface area contributed by atoms with Crippen LogP contribution in [0.1, 0.15) is 47.8 Å². The van der Waals surface area contributed by atoms with Crippen LogP contribution in [0.4, 0.5) is 0 Å². The Balaban J connectivity index is 1.50. The molecule has 2 nitrogen and oxygen atoms in total. The van der Waals surface area contributed by atoms with Gasteiger partial charge in [-0.15, -0.1) is 0 Å². The molecule has 2 aromatic rings. The average molecular weight is 321 g/mol. The van der Waals surface area contributed by atoms with Crippen LogP contribution in [0.15, 0.2) is 54.6 Å². The predicted octanol–water partition coefficient (Wildman–Crippen LogP) is 4.57. The van der Waals surface area contributed by atoms with Gasteiger partial charge in [0.05, 0.1) is 0 Å². The molecule has 3 atom stereocenters. The van der Waals surface area contributed by atoms with Crippen molar-refractivity contribution in [3.05, 3.63) is 71.3 Å². The lowest BCUT2D eigenvalue weighted by Crippen LogP contribution is -2.35. The van der Waals surface area contributed by atoms with Crippen LogP contribution >= 0.6 is 0 Å². The molecule has 2 aromatic carbocycles. The van der Waals surface area contributed by atoms with E-state index in [1.807, 2.05) is 7.11 Å². The molecule has 1 saturated heterocycles. The Labute approximate surface area is 145 Å². The van der Waals surface area contributed by atoms with E-state index in [1.54, 1.807) is 11.1 Å². The molecule has 4 rings (SSSR count). The SMILES string of the molecule is COC1CC(c2ccccc2)CN1CC1CCCc2ccccc21. The lowest BCUT2D eigenvalue weighted by molar-refractivity contribution is -0.00741. The topological polar surface area (TPSA) is 12.5 Å². The van der Waals surface area contributed by atoms with Gasteiger partial charge in [-0.25, -0.2) is 0 Å². The van der Waals surface area contributed by atoms with Gasteiger partial charge in [0.15, 0.2) is 0 Å². The number of benzene rings is 2. The summed E-state index contributed by atoms with van der Waals surface area (Å²) in [6.07, 6.45) is 5.22. The van der Waals surface area contributed by atoms with Crippen molar-refractivity contribution in [3.8, 4) is 0 Å². The molecule has 3 unspecified atom stereocenters. The standard InChI is InChI=1S/C22H27NO/c1-24-22-14-20(17-8-3-2-4-9-17)16-23(22)15-19-12-7-11-18-10-5-6-13-21(18)19/h2-6,8-10,13,19-20,22H,7,11-12,14-16H2,1H3. The normalized spacial score (nSPS) is 27.1. The number of methoxy groups -OCH3 is 1. The number of likely N-dealkylation sites (tertiary alicyclic amines) is 1. The second-order valence-electron chi connectivity index (χ2n) is 7.28. The third-order valence-electron chi connectivity index (χ3n) is 5.84. The smallest absolute Gasteiger partial charge is 0.110 e. The van der Waals surface area contributed by atoms with E-state index >= 15 is 0 Å². The maximum atomic E-state index is 5.83. The average Bonchev–Trinajstić information content (AvgIpc) is 3.06. The fourth-order valence-corrected chi connectivity index (χ4v) is 4.60. The summed E-state index contributed by atoms with van der Waals surface area (Å²) in [5.74, 6) is 1.25. The number of fused-ring (bicyclic) bond motifs is 1. The van der Waals surface area contributed by atoms with Crippen LogP contribution in [0.25, 0.3) is 0 Å². The van der Waals surface area contributed by atoms with E-state index in [2.05, 4.69) is 59.5 Å². The summed E-state index contributed by atoms with van der Waals surface area (Å²) in [5, 5.41) is 0. The Morgan fingerprint density at radius 1 is 1.04 bits per heavy atom. The molecule has 0 spiro atoms. The highest BCUT2D eigenvalue weighted by Crippen LogP contribution is 2.37. The monoisotopic (exact) mass is 321 g/mol. The number of nitrogens with zero attached hydrogens (tertiary/aromatic N) is 1. The maximum absolute atomic E-state index is 5.83. The zero-order valence-electron chi connectivity index (χ0n) is 14.5. The first-order valence-corrected chi connectivity index (χ1v) is 9.24. The Morgan fingerprint density at radius 2 is 1.83 bits per heavy atom. The third-order valence-corrected chi connectivity index (χ3v) is 5.84. The molecular weight excluding hydrogens is 294 g/mol. The lowest BCUT2D eigenvalue weighted by Gasteiger charge is -2.31. The predicted molar refractivity (Wildman–Crippen MR) is 98.3 cm³/mol. The molecule has 0 aromatic heterocycles. The molecular formula is C22H27NO. The van der Waals surface area contributed by atoms with Crippen molar-refractivity contribution < 1.29 is 4.74 Å². The van der Waals surface area contributed by atoms with E-state index < -0.39 is 0 Å². The molecule has 0 bridgehead atoms. The quantitative estimate of drug-likeness (QED) is 0.818. The van der Waals surface area contributed by atoms with E-state index in [4.69, 9.17) is 4.74 Å².